The van der Waals surface area contributed by atoms with E-state index in [-0.39, 0.29) is 37.7 Å². The van der Waals surface area contributed by atoms with E-state index in [1.54, 1.807) is 6.20 Å². The third-order valence-electron chi connectivity index (χ3n) is 5.57. The molecule has 0 N–H and O–H groups in total. The molecule has 0 saturated carbocycles. The first kappa shape index (κ1) is 38.7. The molecule has 0 bridgehead atoms. The number of aliphatic imine (C=N–C) groups is 1. The van der Waals surface area contributed by atoms with Crippen LogP contribution in [-0.4, -0.2) is 86.9 Å². The fourth-order valence-corrected chi connectivity index (χ4v) is 12.3. The number of rotatable bonds is 6. The van der Waals surface area contributed by atoms with Crippen LogP contribution in [0, 0.1) is 0 Å². The van der Waals surface area contributed by atoms with Gasteiger partial charge in [-0.2, -0.15) is 6.20 Å². The van der Waals surface area contributed by atoms with Gasteiger partial charge < -0.3 is 19.1 Å². The Morgan fingerprint density at radius 1 is 0.744 bits per heavy atom. The van der Waals surface area contributed by atoms with Crippen molar-refractivity contribution in [3.8, 4) is 0 Å². The van der Waals surface area contributed by atoms with E-state index in [0.29, 0.717) is 11.8 Å². The molecule has 2 saturated heterocycles. The zero-order chi connectivity index (χ0) is 28.6. The van der Waals surface area contributed by atoms with E-state index in [1.165, 1.54) is 36.8 Å². The Bertz CT molecular complexity index is 834. The van der Waals surface area contributed by atoms with Crippen LogP contribution in [0.3, 0.4) is 0 Å². The molecule has 216 valence electrons. The third-order valence-corrected chi connectivity index (χ3v) is 10.9. The number of hydrogen-bond acceptors (Lipinski definition) is 3. The monoisotopic (exact) mass is 597 g/mol. The molecule has 0 unspecified atom stereocenters. The van der Waals surface area contributed by atoms with E-state index in [9.17, 15) is 0 Å². The quantitative estimate of drug-likeness (QED) is 0.247. The molecule has 8 heteroatoms. The fraction of sp³-hybridized carbons (Fsp3) is 0.645. The Labute approximate surface area is 272 Å². The molecule has 4 rings (SSSR count). The van der Waals surface area contributed by atoms with Gasteiger partial charge in [-0.15, -0.1) is 5.69 Å². The van der Waals surface area contributed by atoms with E-state index in [4.69, 9.17) is 19.1 Å². The fourth-order valence-electron chi connectivity index (χ4n) is 4.21. The first-order chi connectivity index (χ1) is 17.8. The number of aromatic nitrogens is 1. The summed E-state index contributed by atoms with van der Waals surface area (Å²) in [5.41, 5.74) is 4.62. The van der Waals surface area contributed by atoms with Crippen LogP contribution in [0.1, 0.15) is 82.0 Å². The average molecular weight is 598 g/mol. The van der Waals surface area contributed by atoms with E-state index in [1.807, 2.05) is 18.3 Å². The number of ether oxygens (including phenoxy) is 2. The molecule has 0 atom stereocenters. The standard InChI is InChI=1S/C17H21N2.C6H18NSi2.2C4H8O.Ca/c1-12(2)15-8-5-9-16(13(3)4)17(15)19-11-14-7-6-10-18-14;1-8(2,3)7-9(4,5)6;2*1-2-4-5-3-1;/h5-13H,1-4H3;1-6H3;2*1-4H2;/q2*-1;;;+2. The first-order valence-corrected chi connectivity index (χ1v) is 21.3. The molecule has 1 aromatic heterocycles. The van der Waals surface area contributed by atoms with Crippen molar-refractivity contribution in [1.29, 1.82) is 0 Å². The van der Waals surface area contributed by atoms with Crippen LogP contribution in [0.2, 0.25) is 39.3 Å². The Kier molecular flexibility index (Phi) is 20.5. The van der Waals surface area contributed by atoms with Crippen LogP contribution < -0.4 is 4.98 Å². The van der Waals surface area contributed by atoms with Gasteiger partial charge in [-0.05, 0) is 48.6 Å². The zero-order valence-corrected chi connectivity index (χ0v) is 30.9. The summed E-state index contributed by atoms with van der Waals surface area (Å²) in [4.78, 5) is 8.93. The van der Waals surface area contributed by atoms with Crippen molar-refractivity contribution in [2.24, 2.45) is 4.99 Å². The molecular formula is C31H55CaN3O2Si2. The van der Waals surface area contributed by atoms with Gasteiger partial charge in [-0.1, -0.05) is 114 Å². The number of nitrogens with zero attached hydrogens (tertiary/aromatic N) is 3. The molecular weight excluding hydrogens is 543 g/mol. The van der Waals surface area contributed by atoms with E-state index < -0.39 is 16.5 Å². The molecule has 2 aliphatic heterocycles. The van der Waals surface area contributed by atoms with Crippen LogP contribution in [0.15, 0.2) is 41.5 Å². The van der Waals surface area contributed by atoms with Crippen LogP contribution in [0.4, 0.5) is 5.69 Å². The van der Waals surface area contributed by atoms with Crippen LogP contribution >= 0.6 is 0 Å². The predicted molar refractivity (Wildman–Crippen MR) is 178 cm³/mol. The van der Waals surface area contributed by atoms with Gasteiger partial charge in [0, 0.05) is 32.6 Å². The van der Waals surface area contributed by atoms with Crippen molar-refractivity contribution in [2.75, 3.05) is 26.4 Å². The first-order valence-electron chi connectivity index (χ1n) is 14.4. The summed E-state index contributed by atoms with van der Waals surface area (Å²) in [6.45, 7) is 26.6. The zero-order valence-electron chi connectivity index (χ0n) is 26.7. The summed E-state index contributed by atoms with van der Waals surface area (Å²) in [5, 5.41) is 0. The van der Waals surface area contributed by atoms with Gasteiger partial charge in [0.1, 0.15) is 0 Å². The second kappa shape index (κ2) is 20.6. The maximum atomic E-state index is 4.94. The maximum Gasteiger partial charge on any atom is 2.00 e. The second-order valence-corrected chi connectivity index (χ2v) is 22.1. The molecule has 39 heavy (non-hydrogen) atoms. The molecule has 2 aromatic rings. The van der Waals surface area contributed by atoms with Crippen molar-refractivity contribution >= 4 is 66.1 Å². The number of hydrogen-bond donors (Lipinski definition) is 0. The molecule has 2 aliphatic rings. The average Bonchev–Trinajstić information content (AvgIpc) is 3.61. The minimum Gasteiger partial charge on any atom is -0.668 e. The van der Waals surface area contributed by atoms with Crippen LogP contribution in [0.25, 0.3) is 4.65 Å². The maximum absolute atomic E-state index is 4.94. The largest absolute Gasteiger partial charge is 2.00 e. The van der Waals surface area contributed by atoms with Gasteiger partial charge in [0.25, 0.3) is 0 Å². The van der Waals surface area contributed by atoms with Crippen molar-refractivity contribution in [2.45, 2.75) is 104 Å². The van der Waals surface area contributed by atoms with Crippen molar-refractivity contribution in [1.82, 2.24) is 4.98 Å². The van der Waals surface area contributed by atoms with Gasteiger partial charge in [0.05, 0.1) is 5.69 Å². The van der Waals surface area contributed by atoms with Gasteiger partial charge in [0.2, 0.25) is 0 Å². The van der Waals surface area contributed by atoms with E-state index in [2.05, 4.69) is 90.2 Å². The second-order valence-electron chi connectivity index (χ2n) is 12.5. The van der Waals surface area contributed by atoms with Crippen molar-refractivity contribution in [3.63, 3.8) is 0 Å². The molecule has 3 heterocycles. The SMILES string of the molecule is C1CCOC1.C1CCOC1.CC(C)c1cccc(C(C)C)c1N=Cc1ccc[n-]1.C[Si](C)(C)[N-][Si](C)(C)C.[Ca+2]. The summed E-state index contributed by atoms with van der Waals surface area (Å²) in [7, 11) is -2.21. The minimum atomic E-state index is -1.11. The molecule has 0 spiro atoms. The van der Waals surface area contributed by atoms with Gasteiger partial charge in [-0.3, -0.25) is 4.99 Å². The van der Waals surface area contributed by atoms with Crippen LogP contribution in [0.5, 0.6) is 0 Å². The molecule has 0 amide bonds. The van der Waals surface area contributed by atoms with E-state index >= 15 is 0 Å². The van der Waals surface area contributed by atoms with Crippen molar-refractivity contribution < 1.29 is 9.47 Å². The van der Waals surface area contributed by atoms with E-state index in [0.717, 1.165) is 37.8 Å². The normalized spacial score (nSPS) is 15.2. The molecule has 0 radical (unpaired) electrons. The van der Waals surface area contributed by atoms with Gasteiger partial charge >= 0.3 is 37.7 Å². The molecule has 2 fully saturated rings. The molecule has 1 aromatic carbocycles. The topological polar surface area (TPSA) is 59.0 Å². The number of para-hydroxylation sites is 1. The van der Waals surface area contributed by atoms with Gasteiger partial charge in [0.15, 0.2) is 0 Å². The predicted octanol–water partition coefficient (Wildman–Crippen LogP) is 8.88. The van der Waals surface area contributed by atoms with Gasteiger partial charge in [-0.25, -0.2) is 0 Å². The summed E-state index contributed by atoms with van der Waals surface area (Å²) in [5.74, 6) is 0.942. The third kappa shape index (κ3) is 19.5. The molecule has 5 nitrogen and oxygen atoms in total. The minimum absolute atomic E-state index is 0. The Hall–Kier alpha value is -0.256. The molecule has 0 aliphatic carbocycles. The Morgan fingerprint density at radius 3 is 1.44 bits per heavy atom. The summed E-state index contributed by atoms with van der Waals surface area (Å²) >= 11 is 0. The van der Waals surface area contributed by atoms with Crippen LogP contribution in [-0.2, 0) is 9.47 Å². The Morgan fingerprint density at radius 2 is 1.18 bits per heavy atom. The van der Waals surface area contributed by atoms with Crippen molar-refractivity contribution in [3.05, 3.63) is 58.0 Å². The summed E-state index contributed by atoms with van der Waals surface area (Å²) in [6.07, 6.45) is 8.76. The summed E-state index contributed by atoms with van der Waals surface area (Å²) < 4.78 is 14.7. The summed E-state index contributed by atoms with van der Waals surface area (Å²) in [6, 6.07) is 10.4. The smallest absolute Gasteiger partial charge is 0.668 e. The number of benzene rings is 1. The Balaban J connectivity index is 0.000000593.